The Morgan fingerprint density at radius 3 is 2.48 bits per heavy atom. The maximum atomic E-state index is 13.2. The zero-order valence-electron chi connectivity index (χ0n) is 15.4. The van der Waals surface area contributed by atoms with Gasteiger partial charge in [0.1, 0.15) is 5.78 Å². The number of hydrogen-bond donors (Lipinski definition) is 3. The molecule has 8 atom stereocenters. The Morgan fingerprint density at radius 1 is 1.16 bits per heavy atom. The third-order valence-corrected chi connectivity index (χ3v) is 9.01. The first kappa shape index (κ1) is 17.5. The minimum absolute atomic E-state index is 0.0733. The Labute approximate surface area is 148 Å². The van der Waals surface area contributed by atoms with Gasteiger partial charge in [-0.3, -0.25) is 9.59 Å². The molecule has 0 aliphatic heterocycles. The summed E-state index contributed by atoms with van der Waals surface area (Å²) in [4.78, 5) is 25.3. The Balaban J connectivity index is 1.90. The molecule has 4 aliphatic carbocycles. The van der Waals surface area contributed by atoms with Crippen molar-refractivity contribution in [1.82, 2.24) is 0 Å². The molecule has 5 heteroatoms. The lowest BCUT2D eigenvalue weighted by Gasteiger charge is -2.68. The number of carboxylic acids is 1. The van der Waals surface area contributed by atoms with Crippen molar-refractivity contribution in [1.29, 1.82) is 0 Å². The molecular weight excluding hydrogens is 320 g/mol. The molecule has 140 valence electrons. The summed E-state index contributed by atoms with van der Waals surface area (Å²) in [6.45, 7) is 5.61. The first-order chi connectivity index (χ1) is 11.5. The van der Waals surface area contributed by atoms with Gasteiger partial charge in [0.15, 0.2) is 0 Å². The molecule has 4 aliphatic rings. The molecule has 4 rings (SSSR count). The van der Waals surface area contributed by atoms with Crippen LogP contribution in [0.5, 0.6) is 0 Å². The van der Waals surface area contributed by atoms with Crippen LogP contribution in [0.25, 0.3) is 0 Å². The van der Waals surface area contributed by atoms with Crippen LogP contribution in [0.4, 0.5) is 0 Å². The molecule has 0 aromatic rings. The third-order valence-electron chi connectivity index (χ3n) is 9.01. The van der Waals surface area contributed by atoms with Gasteiger partial charge in [-0.2, -0.15) is 0 Å². The van der Waals surface area contributed by atoms with Crippen molar-refractivity contribution in [2.45, 2.75) is 77.4 Å². The van der Waals surface area contributed by atoms with E-state index >= 15 is 0 Å². The smallest absolute Gasteiger partial charge is 0.309 e. The largest absolute Gasteiger partial charge is 0.481 e. The van der Waals surface area contributed by atoms with Gasteiger partial charge in [-0.15, -0.1) is 0 Å². The highest BCUT2D eigenvalue weighted by molar-refractivity contribution is 5.91. The van der Waals surface area contributed by atoms with E-state index in [9.17, 15) is 24.9 Å². The second-order valence-electron chi connectivity index (χ2n) is 9.84. The maximum absolute atomic E-state index is 13.2. The van der Waals surface area contributed by atoms with Crippen molar-refractivity contribution in [2.24, 2.45) is 34.0 Å². The molecule has 4 fully saturated rings. The minimum atomic E-state index is -1.21. The molecule has 1 unspecified atom stereocenters. The topological polar surface area (TPSA) is 94.8 Å². The van der Waals surface area contributed by atoms with Gasteiger partial charge in [0.05, 0.1) is 22.5 Å². The molecule has 5 nitrogen and oxygen atoms in total. The molecule has 2 bridgehead atoms. The van der Waals surface area contributed by atoms with E-state index in [0.717, 1.165) is 6.42 Å². The predicted octanol–water partition coefficient (Wildman–Crippen LogP) is 2.38. The van der Waals surface area contributed by atoms with Gasteiger partial charge in [0, 0.05) is 17.3 Å². The van der Waals surface area contributed by atoms with Crippen LogP contribution in [-0.2, 0) is 9.59 Å². The summed E-state index contributed by atoms with van der Waals surface area (Å²) >= 11 is 0. The lowest BCUT2D eigenvalue weighted by molar-refractivity contribution is -0.280. The SMILES string of the molecule is C[C@H]1C(=O)[C@@]23CC(O)[C@@H]4[C@](C)(C(=O)O)CCC[C@@]4(C)[C@]2(O)CC[C@H]1C3. The fourth-order valence-electron chi connectivity index (χ4n) is 7.78. The van der Waals surface area contributed by atoms with Crippen molar-refractivity contribution < 1.29 is 24.9 Å². The van der Waals surface area contributed by atoms with Crippen molar-refractivity contribution in [3.8, 4) is 0 Å². The summed E-state index contributed by atoms with van der Waals surface area (Å²) < 4.78 is 0. The van der Waals surface area contributed by atoms with Gasteiger partial charge >= 0.3 is 5.97 Å². The third kappa shape index (κ3) is 1.72. The van der Waals surface area contributed by atoms with Crippen LogP contribution < -0.4 is 0 Å². The molecule has 1 spiro atoms. The van der Waals surface area contributed by atoms with Crippen LogP contribution in [-0.4, -0.2) is 38.8 Å². The zero-order chi connectivity index (χ0) is 18.4. The van der Waals surface area contributed by atoms with Crippen LogP contribution in [0.3, 0.4) is 0 Å². The molecule has 3 N–H and O–H groups in total. The Bertz CT molecular complexity index is 646. The molecule has 0 saturated heterocycles. The second kappa shape index (κ2) is 4.86. The summed E-state index contributed by atoms with van der Waals surface area (Å²) in [5.41, 5.74) is -3.91. The summed E-state index contributed by atoms with van der Waals surface area (Å²) in [6.07, 6.45) is 3.24. The minimum Gasteiger partial charge on any atom is -0.481 e. The summed E-state index contributed by atoms with van der Waals surface area (Å²) in [7, 11) is 0. The van der Waals surface area contributed by atoms with Crippen LogP contribution in [0.1, 0.15) is 65.7 Å². The normalized spacial score (nSPS) is 57.7. The van der Waals surface area contributed by atoms with Gasteiger partial charge in [0.25, 0.3) is 0 Å². The number of fused-ring (bicyclic) bond motifs is 3. The first-order valence-corrected chi connectivity index (χ1v) is 9.72. The fourth-order valence-corrected chi connectivity index (χ4v) is 7.78. The summed E-state index contributed by atoms with van der Waals surface area (Å²) in [5.74, 6) is -1.12. The summed E-state index contributed by atoms with van der Waals surface area (Å²) in [6, 6.07) is 0. The Kier molecular flexibility index (Phi) is 3.40. The van der Waals surface area contributed by atoms with Crippen molar-refractivity contribution >= 4 is 11.8 Å². The average molecular weight is 350 g/mol. The lowest BCUT2D eigenvalue weighted by atomic mass is 9.38. The first-order valence-electron chi connectivity index (χ1n) is 9.72. The molecule has 4 saturated carbocycles. The van der Waals surface area contributed by atoms with Crippen LogP contribution in [0.15, 0.2) is 0 Å². The van der Waals surface area contributed by atoms with Gasteiger partial charge in [-0.05, 0) is 51.4 Å². The lowest BCUT2D eigenvalue weighted by Crippen LogP contribution is -2.73. The fraction of sp³-hybridized carbons (Fsp3) is 0.900. The Morgan fingerprint density at radius 2 is 1.84 bits per heavy atom. The van der Waals surface area contributed by atoms with Crippen molar-refractivity contribution in [3.63, 3.8) is 0 Å². The molecule has 0 aromatic carbocycles. The number of Topliss-reactive ketones (excluding diaryl/α,β-unsaturated/α-hetero) is 1. The van der Waals surface area contributed by atoms with Crippen LogP contribution >= 0.6 is 0 Å². The number of hydrogen-bond acceptors (Lipinski definition) is 4. The van der Waals surface area contributed by atoms with Crippen LogP contribution in [0, 0.1) is 34.0 Å². The van der Waals surface area contributed by atoms with E-state index in [4.69, 9.17) is 0 Å². The number of carbonyl (C=O) groups is 2. The van der Waals surface area contributed by atoms with E-state index in [-0.39, 0.29) is 24.0 Å². The highest BCUT2D eigenvalue weighted by atomic mass is 16.4. The standard InChI is InChI=1S/C20H30O5/c1-11-12-5-8-20(25)18(3)7-4-6-17(2,16(23)24)14(18)13(21)10-19(20,9-12)15(11)22/h11-14,21,25H,4-10H2,1-3H3,(H,23,24)/t11-,12+,13?,14-,17-,18-,19-,20-/m1/s1. The molecule has 0 aromatic heterocycles. The van der Waals surface area contributed by atoms with E-state index in [1.165, 1.54) is 0 Å². The average Bonchev–Trinajstić information content (AvgIpc) is 2.73. The zero-order valence-corrected chi connectivity index (χ0v) is 15.4. The second-order valence-corrected chi connectivity index (χ2v) is 9.84. The Hall–Kier alpha value is -0.940. The monoisotopic (exact) mass is 350 g/mol. The molecule has 0 heterocycles. The van der Waals surface area contributed by atoms with Crippen molar-refractivity contribution in [2.75, 3.05) is 0 Å². The number of carboxylic acid groups (broad SMARTS) is 1. The van der Waals surface area contributed by atoms with E-state index < -0.39 is 39.8 Å². The van der Waals surface area contributed by atoms with Crippen molar-refractivity contribution in [3.05, 3.63) is 0 Å². The van der Waals surface area contributed by atoms with Gasteiger partial charge in [0.2, 0.25) is 0 Å². The van der Waals surface area contributed by atoms with Gasteiger partial charge in [-0.1, -0.05) is 20.3 Å². The van der Waals surface area contributed by atoms with E-state index in [1.54, 1.807) is 6.92 Å². The number of ketones is 1. The number of aliphatic hydroxyl groups is 2. The predicted molar refractivity (Wildman–Crippen MR) is 90.7 cm³/mol. The van der Waals surface area contributed by atoms with Gasteiger partial charge in [-0.25, -0.2) is 0 Å². The molecule has 0 radical (unpaired) electrons. The quantitative estimate of drug-likeness (QED) is 0.675. The molecule has 0 amide bonds. The van der Waals surface area contributed by atoms with Gasteiger partial charge < -0.3 is 15.3 Å². The highest BCUT2D eigenvalue weighted by Crippen LogP contribution is 2.72. The molecule has 25 heavy (non-hydrogen) atoms. The molecular formula is C20H30O5. The van der Waals surface area contributed by atoms with E-state index in [2.05, 4.69) is 0 Å². The number of rotatable bonds is 1. The van der Waals surface area contributed by atoms with Crippen LogP contribution in [0.2, 0.25) is 0 Å². The number of carbonyl (C=O) groups excluding carboxylic acids is 1. The van der Waals surface area contributed by atoms with E-state index in [0.29, 0.717) is 32.1 Å². The maximum Gasteiger partial charge on any atom is 0.309 e. The van der Waals surface area contributed by atoms with E-state index in [1.807, 2.05) is 13.8 Å². The highest BCUT2D eigenvalue weighted by Gasteiger charge is 2.77. The number of aliphatic carboxylic acids is 1. The summed E-state index contributed by atoms with van der Waals surface area (Å²) in [5, 5.41) is 33.0. The number of aliphatic hydroxyl groups excluding tert-OH is 1.